The monoisotopic (exact) mass is 389 g/mol. The van der Waals surface area contributed by atoms with Crippen LogP contribution in [0.25, 0.3) is 44.6 Å². The first-order valence-corrected chi connectivity index (χ1v) is 9.85. The molecule has 5 rings (SSSR count). The molecular weight excluding hydrogens is 370 g/mol. The number of hydrogen-bond acceptors (Lipinski definition) is 3. The smallest absolute Gasteiger partial charge is 0.308 e. The minimum atomic E-state index is -0.353. The van der Waals surface area contributed by atoms with Gasteiger partial charge in [0.05, 0.1) is 5.69 Å². The van der Waals surface area contributed by atoms with E-state index in [1.54, 1.807) is 6.07 Å². The highest BCUT2D eigenvalue weighted by molar-refractivity contribution is 6.02. The molecule has 3 nitrogen and oxygen atoms in total. The maximum Gasteiger partial charge on any atom is 0.308 e. The summed E-state index contributed by atoms with van der Waals surface area (Å²) in [5.74, 6) is 0.125. The first-order chi connectivity index (χ1) is 14.7. The molecule has 0 saturated heterocycles. The molecule has 0 bridgehead atoms. The molecule has 0 unspecified atom stereocenters. The Labute approximate surface area is 174 Å². The molecule has 4 aromatic carbocycles. The number of rotatable bonds is 3. The van der Waals surface area contributed by atoms with Gasteiger partial charge < -0.3 is 4.74 Å². The SMILES string of the molecule is CC(=O)Oc1cccc2ccc(/C=C/c3cccc4cc5ccccc5cc34)nc12. The molecule has 0 fully saturated rings. The maximum absolute atomic E-state index is 11.4. The van der Waals surface area contributed by atoms with E-state index in [2.05, 4.69) is 60.7 Å². The van der Waals surface area contributed by atoms with Crippen LogP contribution in [0.1, 0.15) is 18.2 Å². The lowest BCUT2D eigenvalue weighted by molar-refractivity contribution is -0.131. The molecule has 144 valence electrons. The minimum Gasteiger partial charge on any atom is -0.424 e. The van der Waals surface area contributed by atoms with Crippen LogP contribution in [-0.2, 0) is 4.79 Å². The zero-order chi connectivity index (χ0) is 20.5. The van der Waals surface area contributed by atoms with E-state index in [4.69, 9.17) is 9.72 Å². The second kappa shape index (κ2) is 7.45. The lowest BCUT2D eigenvalue weighted by atomic mass is 9.99. The number of carbonyl (C=O) groups is 1. The highest BCUT2D eigenvalue weighted by atomic mass is 16.5. The summed E-state index contributed by atoms with van der Waals surface area (Å²) in [4.78, 5) is 16.1. The molecule has 0 amide bonds. The predicted octanol–water partition coefficient (Wildman–Crippen LogP) is 6.64. The van der Waals surface area contributed by atoms with Crippen molar-refractivity contribution >= 4 is 50.6 Å². The van der Waals surface area contributed by atoms with E-state index in [1.807, 2.05) is 30.3 Å². The topological polar surface area (TPSA) is 39.2 Å². The van der Waals surface area contributed by atoms with Crippen molar-refractivity contribution in [2.24, 2.45) is 0 Å². The van der Waals surface area contributed by atoms with Crippen LogP contribution in [0.2, 0.25) is 0 Å². The molecule has 0 aliphatic carbocycles. The van der Waals surface area contributed by atoms with Gasteiger partial charge >= 0.3 is 5.97 Å². The number of fused-ring (bicyclic) bond motifs is 3. The normalized spacial score (nSPS) is 11.5. The Morgan fingerprint density at radius 1 is 0.767 bits per heavy atom. The quantitative estimate of drug-likeness (QED) is 0.197. The number of esters is 1. The number of para-hydroxylation sites is 1. The molecule has 1 aromatic heterocycles. The van der Waals surface area contributed by atoms with Gasteiger partial charge in [0.1, 0.15) is 5.52 Å². The van der Waals surface area contributed by atoms with Crippen LogP contribution < -0.4 is 4.74 Å². The van der Waals surface area contributed by atoms with Crippen LogP contribution in [0.5, 0.6) is 5.75 Å². The van der Waals surface area contributed by atoms with Crippen LogP contribution >= 0.6 is 0 Å². The Kier molecular flexibility index (Phi) is 4.49. The summed E-state index contributed by atoms with van der Waals surface area (Å²) in [5, 5.41) is 5.80. The zero-order valence-electron chi connectivity index (χ0n) is 16.5. The van der Waals surface area contributed by atoms with Gasteiger partial charge in [0.15, 0.2) is 5.75 Å². The summed E-state index contributed by atoms with van der Waals surface area (Å²) in [6, 6.07) is 28.7. The average molecular weight is 389 g/mol. The Bertz CT molecular complexity index is 1450. The van der Waals surface area contributed by atoms with Gasteiger partial charge in [-0.05, 0) is 57.4 Å². The summed E-state index contributed by atoms with van der Waals surface area (Å²) in [7, 11) is 0. The van der Waals surface area contributed by atoms with Gasteiger partial charge in [-0.1, -0.05) is 66.7 Å². The number of hydrogen-bond donors (Lipinski definition) is 0. The Balaban J connectivity index is 1.58. The van der Waals surface area contributed by atoms with E-state index in [1.165, 1.54) is 28.5 Å². The minimum absolute atomic E-state index is 0.353. The van der Waals surface area contributed by atoms with Gasteiger partial charge in [0.2, 0.25) is 0 Å². The van der Waals surface area contributed by atoms with Gasteiger partial charge in [-0.2, -0.15) is 0 Å². The van der Waals surface area contributed by atoms with Crippen molar-refractivity contribution in [1.82, 2.24) is 4.98 Å². The lowest BCUT2D eigenvalue weighted by Gasteiger charge is -2.07. The molecule has 0 atom stereocenters. The summed E-state index contributed by atoms with van der Waals surface area (Å²) in [5.41, 5.74) is 2.62. The summed E-state index contributed by atoms with van der Waals surface area (Å²) >= 11 is 0. The fourth-order valence-corrected chi connectivity index (χ4v) is 3.78. The number of aromatic nitrogens is 1. The van der Waals surface area contributed by atoms with E-state index in [0.717, 1.165) is 16.6 Å². The number of benzene rings is 4. The molecule has 0 aliphatic heterocycles. The number of ether oxygens (including phenoxy) is 1. The van der Waals surface area contributed by atoms with Crippen LogP contribution in [0, 0.1) is 0 Å². The van der Waals surface area contributed by atoms with Gasteiger partial charge in [-0.15, -0.1) is 0 Å². The number of pyridine rings is 1. The highest BCUT2D eigenvalue weighted by Gasteiger charge is 2.07. The van der Waals surface area contributed by atoms with Crippen LogP contribution in [0.3, 0.4) is 0 Å². The van der Waals surface area contributed by atoms with Gasteiger partial charge in [-0.3, -0.25) is 4.79 Å². The zero-order valence-corrected chi connectivity index (χ0v) is 16.5. The second-order valence-electron chi connectivity index (χ2n) is 7.26. The molecule has 0 aliphatic rings. The highest BCUT2D eigenvalue weighted by Crippen LogP contribution is 2.28. The Morgan fingerprint density at radius 2 is 1.50 bits per heavy atom. The van der Waals surface area contributed by atoms with Crippen LogP contribution in [0.4, 0.5) is 0 Å². The van der Waals surface area contributed by atoms with Crippen molar-refractivity contribution in [2.45, 2.75) is 6.92 Å². The summed E-state index contributed by atoms with van der Waals surface area (Å²) < 4.78 is 5.32. The third-order valence-electron chi connectivity index (χ3n) is 5.17. The molecule has 0 spiro atoms. The standard InChI is InChI=1S/C27H19NO2/c1-18(29)30-26-11-5-9-20-13-15-24(28-27(20)26)14-12-19-8-4-10-23-16-21-6-2-3-7-22(21)17-25(19)23/h2-17H,1H3/b14-12+. The molecule has 3 heteroatoms. The molecule has 0 N–H and O–H groups in total. The van der Waals surface area contributed by atoms with Crippen molar-refractivity contribution in [3.8, 4) is 5.75 Å². The molecule has 0 saturated carbocycles. The van der Waals surface area contributed by atoms with E-state index in [0.29, 0.717) is 11.3 Å². The van der Waals surface area contributed by atoms with Crippen LogP contribution in [0.15, 0.2) is 84.9 Å². The average Bonchev–Trinajstić information content (AvgIpc) is 2.76. The molecule has 1 heterocycles. The first kappa shape index (κ1) is 18.1. The third kappa shape index (κ3) is 3.42. The fourth-order valence-electron chi connectivity index (χ4n) is 3.78. The van der Waals surface area contributed by atoms with Crippen molar-refractivity contribution in [1.29, 1.82) is 0 Å². The van der Waals surface area contributed by atoms with Crippen molar-refractivity contribution in [3.05, 3.63) is 96.2 Å². The first-order valence-electron chi connectivity index (χ1n) is 9.85. The van der Waals surface area contributed by atoms with E-state index >= 15 is 0 Å². The molecular formula is C27H19NO2. The number of carbonyl (C=O) groups excluding carboxylic acids is 1. The lowest BCUT2D eigenvalue weighted by Crippen LogP contribution is -2.02. The Morgan fingerprint density at radius 3 is 2.33 bits per heavy atom. The van der Waals surface area contributed by atoms with E-state index in [-0.39, 0.29) is 5.97 Å². The van der Waals surface area contributed by atoms with E-state index < -0.39 is 0 Å². The van der Waals surface area contributed by atoms with Crippen molar-refractivity contribution in [3.63, 3.8) is 0 Å². The third-order valence-corrected chi connectivity index (χ3v) is 5.17. The van der Waals surface area contributed by atoms with Gasteiger partial charge in [0.25, 0.3) is 0 Å². The maximum atomic E-state index is 11.4. The van der Waals surface area contributed by atoms with E-state index in [9.17, 15) is 4.79 Å². The largest absolute Gasteiger partial charge is 0.424 e. The second-order valence-corrected chi connectivity index (χ2v) is 7.26. The molecule has 5 aromatic rings. The summed E-state index contributed by atoms with van der Waals surface area (Å²) in [6.07, 6.45) is 4.08. The van der Waals surface area contributed by atoms with Gasteiger partial charge in [-0.25, -0.2) is 4.98 Å². The van der Waals surface area contributed by atoms with Crippen molar-refractivity contribution in [2.75, 3.05) is 0 Å². The summed E-state index contributed by atoms with van der Waals surface area (Å²) in [6.45, 7) is 1.40. The van der Waals surface area contributed by atoms with Crippen LogP contribution in [-0.4, -0.2) is 11.0 Å². The van der Waals surface area contributed by atoms with Gasteiger partial charge in [0, 0.05) is 12.3 Å². The van der Waals surface area contributed by atoms with Crippen molar-refractivity contribution < 1.29 is 9.53 Å². The molecule has 0 radical (unpaired) electrons. The Hall–Kier alpha value is -3.98. The molecule has 30 heavy (non-hydrogen) atoms. The predicted molar refractivity (Wildman–Crippen MR) is 123 cm³/mol. The fraction of sp³-hybridized carbons (Fsp3) is 0.0370. The number of nitrogens with zero attached hydrogens (tertiary/aromatic N) is 1.